The highest BCUT2D eigenvalue weighted by atomic mass is 35.5. The van der Waals surface area contributed by atoms with Crippen LogP contribution in [0.25, 0.3) is 0 Å². The summed E-state index contributed by atoms with van der Waals surface area (Å²) < 4.78 is 10.3. The van der Waals surface area contributed by atoms with Gasteiger partial charge in [0.25, 0.3) is 0 Å². The average molecular weight is 351 g/mol. The molecule has 6 heteroatoms. The Morgan fingerprint density at radius 3 is 2.33 bits per heavy atom. The molecular weight excluding hydrogens is 332 g/mol. The zero-order valence-electron chi connectivity index (χ0n) is 14.0. The molecule has 2 aliphatic rings. The molecule has 1 saturated heterocycles. The predicted octanol–water partition coefficient (Wildman–Crippen LogP) is 3.04. The van der Waals surface area contributed by atoms with E-state index in [0.717, 1.165) is 0 Å². The molecule has 1 saturated carbocycles. The lowest BCUT2D eigenvalue weighted by atomic mass is 9.81. The van der Waals surface area contributed by atoms with Crippen LogP contribution in [-0.4, -0.2) is 30.4 Å². The van der Waals surface area contributed by atoms with Crippen LogP contribution in [0, 0.1) is 16.7 Å². The van der Waals surface area contributed by atoms with E-state index in [1.807, 2.05) is 0 Å². The molecule has 0 bridgehead atoms. The van der Waals surface area contributed by atoms with Gasteiger partial charge in [0.15, 0.2) is 11.2 Å². The number of hydrogen-bond acceptors (Lipinski definition) is 5. The molecule has 2 fully saturated rings. The van der Waals surface area contributed by atoms with Gasteiger partial charge >= 0.3 is 11.9 Å². The summed E-state index contributed by atoms with van der Waals surface area (Å²) in [5.41, 5.74) is -3.20. The van der Waals surface area contributed by atoms with E-state index in [4.69, 9.17) is 21.1 Å². The van der Waals surface area contributed by atoms with E-state index in [2.05, 4.69) is 0 Å². The van der Waals surface area contributed by atoms with Gasteiger partial charge in [-0.15, -0.1) is 0 Å². The van der Waals surface area contributed by atoms with Crippen LogP contribution in [0.2, 0.25) is 5.02 Å². The number of carbonyl (C=O) groups excluding carboxylic acids is 3. The third kappa shape index (κ3) is 1.73. The van der Waals surface area contributed by atoms with Crippen LogP contribution in [0.3, 0.4) is 0 Å². The molecule has 3 atom stereocenters. The van der Waals surface area contributed by atoms with Gasteiger partial charge in [-0.1, -0.05) is 18.5 Å². The minimum atomic E-state index is -1.56. The largest absolute Gasteiger partial charge is 0.468 e. The Morgan fingerprint density at radius 2 is 1.83 bits per heavy atom. The number of fused-ring (bicyclic) bond motifs is 1. The fourth-order valence-electron chi connectivity index (χ4n) is 4.68. The molecule has 128 valence electrons. The van der Waals surface area contributed by atoms with Crippen LogP contribution in [0.1, 0.15) is 37.6 Å². The van der Waals surface area contributed by atoms with E-state index in [-0.39, 0.29) is 5.78 Å². The summed E-state index contributed by atoms with van der Waals surface area (Å²) in [6.07, 6.45) is 0.340. The Hall–Kier alpha value is -1.88. The van der Waals surface area contributed by atoms with Gasteiger partial charge in [0.1, 0.15) is 5.60 Å². The fraction of sp³-hybridized carbons (Fsp3) is 0.500. The van der Waals surface area contributed by atoms with Crippen molar-refractivity contribution >= 4 is 29.3 Å². The second kappa shape index (κ2) is 5.06. The monoisotopic (exact) mass is 350 g/mol. The van der Waals surface area contributed by atoms with Gasteiger partial charge in [0.05, 0.1) is 12.5 Å². The summed E-state index contributed by atoms with van der Waals surface area (Å²) in [7, 11) is 1.22. The average Bonchev–Trinajstić information content (AvgIpc) is 3.14. The van der Waals surface area contributed by atoms with Gasteiger partial charge in [-0.25, -0.2) is 0 Å². The second-order valence-electron chi connectivity index (χ2n) is 6.89. The second-order valence-corrected chi connectivity index (χ2v) is 7.32. The third-order valence-electron chi connectivity index (χ3n) is 5.50. The first-order valence-electron chi connectivity index (χ1n) is 7.82. The summed E-state index contributed by atoms with van der Waals surface area (Å²) in [5, 5.41) is 0.510. The molecule has 1 aromatic rings. The maximum Gasteiger partial charge on any atom is 0.325 e. The highest BCUT2D eigenvalue weighted by Gasteiger charge is 2.95. The molecule has 3 rings (SSSR count). The maximum absolute atomic E-state index is 13.3. The first kappa shape index (κ1) is 17.0. The molecule has 1 heterocycles. The SMILES string of the molecule is CC[C@]1(C(=O)c2ccc(Cl)cc2)[C@@H]2C(C)(C)OC(=O)[C@@]21C(=O)OC. The summed E-state index contributed by atoms with van der Waals surface area (Å²) in [6, 6.07) is 6.45. The molecule has 0 radical (unpaired) electrons. The van der Waals surface area contributed by atoms with Crippen molar-refractivity contribution in [1.29, 1.82) is 0 Å². The molecule has 24 heavy (non-hydrogen) atoms. The van der Waals surface area contributed by atoms with E-state index in [0.29, 0.717) is 17.0 Å². The number of carbonyl (C=O) groups is 3. The number of Topliss-reactive ketones (excluding diaryl/α,β-unsaturated/α-hetero) is 1. The van der Waals surface area contributed by atoms with Crippen LogP contribution in [0.4, 0.5) is 0 Å². The number of hydrogen-bond donors (Lipinski definition) is 0. The number of cyclic esters (lactones) is 1. The number of methoxy groups -OCH3 is 1. The number of ether oxygens (including phenoxy) is 2. The molecule has 0 spiro atoms. The third-order valence-corrected chi connectivity index (χ3v) is 5.75. The number of halogens is 1. The van der Waals surface area contributed by atoms with Gasteiger partial charge in [0, 0.05) is 16.5 Å². The van der Waals surface area contributed by atoms with Crippen molar-refractivity contribution in [1.82, 2.24) is 0 Å². The Bertz CT molecular complexity index is 738. The minimum absolute atomic E-state index is 0.248. The first-order chi connectivity index (χ1) is 11.2. The molecule has 1 aromatic carbocycles. The standard InChI is InChI=1S/C18H19ClO5/c1-5-17(12(20)10-6-8-11(19)9-7-10)13-16(2,3)24-15(22)18(13,17)14(21)23-4/h6-9,13H,5H2,1-4H3/t13-,17-,18-/m0/s1. The van der Waals surface area contributed by atoms with E-state index in [1.165, 1.54) is 7.11 Å². The Labute approximate surface area is 145 Å². The smallest absolute Gasteiger partial charge is 0.325 e. The van der Waals surface area contributed by atoms with Gasteiger partial charge in [-0.05, 0) is 44.5 Å². The van der Waals surface area contributed by atoms with Crippen LogP contribution >= 0.6 is 11.6 Å². The fourth-order valence-corrected chi connectivity index (χ4v) is 4.81. The Kier molecular flexibility index (Phi) is 3.57. The van der Waals surface area contributed by atoms with Crippen LogP contribution < -0.4 is 0 Å². The lowest BCUT2D eigenvalue weighted by molar-refractivity contribution is -0.165. The van der Waals surface area contributed by atoms with E-state index < -0.39 is 34.3 Å². The molecule has 1 aliphatic carbocycles. The Balaban J connectivity index is 2.16. The van der Waals surface area contributed by atoms with Crippen molar-refractivity contribution in [2.45, 2.75) is 32.8 Å². The molecule has 0 unspecified atom stereocenters. The summed E-state index contributed by atoms with van der Waals surface area (Å²) in [6.45, 7) is 5.26. The topological polar surface area (TPSA) is 69.7 Å². The van der Waals surface area contributed by atoms with Crippen LogP contribution in [-0.2, 0) is 19.1 Å². The highest BCUT2D eigenvalue weighted by molar-refractivity contribution is 6.30. The van der Waals surface area contributed by atoms with E-state index in [9.17, 15) is 14.4 Å². The number of ketones is 1. The first-order valence-corrected chi connectivity index (χ1v) is 8.20. The van der Waals surface area contributed by atoms with E-state index in [1.54, 1.807) is 45.0 Å². The lowest BCUT2D eigenvalue weighted by Gasteiger charge is -2.28. The zero-order valence-corrected chi connectivity index (χ0v) is 14.8. The van der Waals surface area contributed by atoms with Gasteiger partial charge in [-0.3, -0.25) is 14.4 Å². The van der Waals surface area contributed by atoms with Gasteiger partial charge in [-0.2, -0.15) is 0 Å². The molecule has 5 nitrogen and oxygen atoms in total. The summed E-state index contributed by atoms with van der Waals surface area (Å²) in [4.78, 5) is 38.5. The molecule has 0 N–H and O–H groups in total. The molecule has 0 amide bonds. The van der Waals surface area contributed by atoms with Crippen molar-refractivity contribution in [2.75, 3.05) is 7.11 Å². The predicted molar refractivity (Wildman–Crippen MR) is 86.6 cm³/mol. The number of rotatable bonds is 4. The van der Waals surface area contributed by atoms with Gasteiger partial charge in [0.2, 0.25) is 0 Å². The zero-order chi connectivity index (χ0) is 17.9. The molecule has 0 aromatic heterocycles. The molecule has 1 aliphatic heterocycles. The normalized spacial score (nSPS) is 32.7. The van der Waals surface area contributed by atoms with E-state index >= 15 is 0 Å². The number of esters is 2. The van der Waals surface area contributed by atoms with Crippen molar-refractivity contribution in [3.8, 4) is 0 Å². The summed E-state index contributed by atoms with van der Waals surface area (Å²) in [5.74, 6) is -2.17. The number of benzene rings is 1. The van der Waals surface area contributed by atoms with Crippen molar-refractivity contribution < 1.29 is 23.9 Å². The Morgan fingerprint density at radius 1 is 1.25 bits per heavy atom. The summed E-state index contributed by atoms with van der Waals surface area (Å²) >= 11 is 5.89. The van der Waals surface area contributed by atoms with Crippen LogP contribution in [0.5, 0.6) is 0 Å². The highest BCUT2D eigenvalue weighted by Crippen LogP contribution is 2.80. The maximum atomic E-state index is 13.3. The lowest BCUT2D eigenvalue weighted by Crippen LogP contribution is -2.40. The molecular formula is C18H19ClO5. The van der Waals surface area contributed by atoms with Crippen molar-refractivity contribution in [2.24, 2.45) is 16.7 Å². The van der Waals surface area contributed by atoms with Crippen molar-refractivity contribution in [3.63, 3.8) is 0 Å². The van der Waals surface area contributed by atoms with Crippen molar-refractivity contribution in [3.05, 3.63) is 34.9 Å². The quantitative estimate of drug-likeness (QED) is 0.474. The van der Waals surface area contributed by atoms with Crippen LogP contribution in [0.15, 0.2) is 24.3 Å². The minimum Gasteiger partial charge on any atom is -0.468 e. The van der Waals surface area contributed by atoms with Gasteiger partial charge < -0.3 is 9.47 Å².